The maximum atomic E-state index is 6.45. The zero-order valence-corrected chi connectivity index (χ0v) is 11.6. The number of nitrogens with zero attached hydrogens (tertiary/aromatic N) is 2. The standard InChI is InChI=1S/C15H25N3/c1-3-10-8-11(18(2)17-10)9-14(16)15-12-6-4-5-7-13(12)15/h8,12-15H,3-7,9,16H2,1-2H3. The quantitative estimate of drug-likeness (QED) is 0.887. The number of rotatable bonds is 4. The Bertz CT molecular complexity index is 411. The summed E-state index contributed by atoms with van der Waals surface area (Å²) in [5, 5.41) is 4.51. The first-order valence-corrected chi connectivity index (χ1v) is 7.48. The highest BCUT2D eigenvalue weighted by Crippen LogP contribution is 2.56. The van der Waals surface area contributed by atoms with E-state index < -0.39 is 0 Å². The van der Waals surface area contributed by atoms with Crippen LogP contribution in [0.1, 0.15) is 44.0 Å². The lowest BCUT2D eigenvalue weighted by atomic mass is 10.0. The molecule has 3 nitrogen and oxygen atoms in total. The average molecular weight is 247 g/mol. The van der Waals surface area contributed by atoms with Gasteiger partial charge in [-0.1, -0.05) is 19.8 Å². The molecule has 18 heavy (non-hydrogen) atoms. The van der Waals surface area contributed by atoms with E-state index in [4.69, 9.17) is 5.73 Å². The van der Waals surface area contributed by atoms with Gasteiger partial charge in [0.05, 0.1) is 5.69 Å². The molecule has 0 saturated heterocycles. The number of aromatic nitrogens is 2. The monoisotopic (exact) mass is 247 g/mol. The predicted molar refractivity (Wildman–Crippen MR) is 73.2 cm³/mol. The van der Waals surface area contributed by atoms with Crippen LogP contribution in [0.2, 0.25) is 0 Å². The van der Waals surface area contributed by atoms with E-state index >= 15 is 0 Å². The van der Waals surface area contributed by atoms with Crippen molar-refractivity contribution < 1.29 is 0 Å². The second kappa shape index (κ2) is 4.69. The van der Waals surface area contributed by atoms with Crippen LogP contribution < -0.4 is 5.73 Å². The molecule has 2 aliphatic rings. The fraction of sp³-hybridized carbons (Fsp3) is 0.800. The smallest absolute Gasteiger partial charge is 0.0624 e. The van der Waals surface area contributed by atoms with Gasteiger partial charge in [-0.15, -0.1) is 0 Å². The molecule has 0 radical (unpaired) electrons. The highest BCUT2D eigenvalue weighted by Gasteiger charge is 2.52. The second-order valence-corrected chi connectivity index (χ2v) is 6.16. The van der Waals surface area contributed by atoms with Gasteiger partial charge in [0.2, 0.25) is 0 Å². The summed E-state index contributed by atoms with van der Waals surface area (Å²) in [7, 11) is 2.04. The predicted octanol–water partition coefficient (Wildman–Crippen LogP) is 2.29. The van der Waals surface area contributed by atoms with E-state index in [1.54, 1.807) is 0 Å². The molecule has 3 heteroatoms. The molecule has 0 bridgehead atoms. The molecule has 1 aromatic rings. The van der Waals surface area contributed by atoms with Gasteiger partial charge in [0.15, 0.2) is 0 Å². The van der Waals surface area contributed by atoms with Crippen molar-refractivity contribution in [2.75, 3.05) is 0 Å². The second-order valence-electron chi connectivity index (χ2n) is 6.16. The first kappa shape index (κ1) is 12.2. The van der Waals surface area contributed by atoms with Crippen molar-refractivity contribution in [3.63, 3.8) is 0 Å². The minimum absolute atomic E-state index is 0.346. The van der Waals surface area contributed by atoms with Gasteiger partial charge in [-0.25, -0.2) is 0 Å². The Morgan fingerprint density at radius 1 is 1.39 bits per heavy atom. The van der Waals surface area contributed by atoms with E-state index in [1.807, 2.05) is 11.7 Å². The van der Waals surface area contributed by atoms with Crippen LogP contribution >= 0.6 is 0 Å². The topological polar surface area (TPSA) is 43.8 Å². The summed E-state index contributed by atoms with van der Waals surface area (Å²) in [4.78, 5) is 0. The van der Waals surface area contributed by atoms with Crippen LogP contribution in [0.5, 0.6) is 0 Å². The Balaban J connectivity index is 1.64. The molecule has 1 aromatic heterocycles. The van der Waals surface area contributed by atoms with Gasteiger partial charge in [-0.2, -0.15) is 5.10 Å². The van der Waals surface area contributed by atoms with Crippen LogP contribution in [0, 0.1) is 17.8 Å². The minimum atomic E-state index is 0.346. The van der Waals surface area contributed by atoms with E-state index in [1.165, 1.54) is 37.1 Å². The van der Waals surface area contributed by atoms with Gasteiger partial charge >= 0.3 is 0 Å². The van der Waals surface area contributed by atoms with Gasteiger partial charge in [0.25, 0.3) is 0 Å². The lowest BCUT2D eigenvalue weighted by Crippen LogP contribution is -2.27. The van der Waals surface area contributed by atoms with Crippen LogP contribution in [-0.4, -0.2) is 15.8 Å². The van der Waals surface area contributed by atoms with Gasteiger partial charge in [0.1, 0.15) is 0 Å². The number of fused-ring (bicyclic) bond motifs is 1. The third-order valence-electron chi connectivity index (χ3n) is 5.05. The molecule has 2 aliphatic carbocycles. The Morgan fingerprint density at radius 2 is 2.06 bits per heavy atom. The normalized spacial score (nSPS) is 32.1. The van der Waals surface area contributed by atoms with Crippen molar-refractivity contribution in [1.82, 2.24) is 9.78 Å². The number of hydrogen-bond acceptors (Lipinski definition) is 2. The summed E-state index contributed by atoms with van der Waals surface area (Å²) < 4.78 is 2.02. The van der Waals surface area contributed by atoms with Crippen LogP contribution in [0.4, 0.5) is 0 Å². The summed E-state index contributed by atoms with van der Waals surface area (Å²) >= 11 is 0. The Hall–Kier alpha value is -0.830. The molecule has 1 heterocycles. The maximum absolute atomic E-state index is 6.45. The zero-order chi connectivity index (χ0) is 12.7. The van der Waals surface area contributed by atoms with E-state index in [0.717, 1.165) is 30.6 Å². The fourth-order valence-corrected chi connectivity index (χ4v) is 4.00. The Morgan fingerprint density at radius 3 is 2.61 bits per heavy atom. The molecular formula is C15H25N3. The highest BCUT2D eigenvalue weighted by atomic mass is 15.3. The van der Waals surface area contributed by atoms with Crippen LogP contribution in [0.3, 0.4) is 0 Å². The summed E-state index contributed by atoms with van der Waals surface area (Å²) in [5.41, 5.74) is 8.95. The Labute approximate surface area is 110 Å². The molecule has 0 amide bonds. The van der Waals surface area contributed by atoms with Crippen LogP contribution in [-0.2, 0) is 19.9 Å². The van der Waals surface area contributed by atoms with E-state index in [-0.39, 0.29) is 0 Å². The van der Waals surface area contributed by atoms with Gasteiger partial charge < -0.3 is 5.73 Å². The van der Waals surface area contributed by atoms with Gasteiger partial charge in [-0.3, -0.25) is 4.68 Å². The number of nitrogens with two attached hydrogens (primary N) is 1. The van der Waals surface area contributed by atoms with Crippen molar-refractivity contribution in [2.24, 2.45) is 30.5 Å². The molecule has 3 atom stereocenters. The minimum Gasteiger partial charge on any atom is -0.327 e. The molecule has 2 saturated carbocycles. The molecule has 100 valence electrons. The molecule has 3 unspecified atom stereocenters. The molecule has 0 spiro atoms. The largest absolute Gasteiger partial charge is 0.327 e. The summed E-state index contributed by atoms with van der Waals surface area (Å²) in [6, 6.07) is 2.57. The van der Waals surface area contributed by atoms with E-state index in [2.05, 4.69) is 18.1 Å². The molecule has 2 N–H and O–H groups in total. The molecule has 0 aromatic carbocycles. The summed E-state index contributed by atoms with van der Waals surface area (Å²) in [6.45, 7) is 2.15. The maximum Gasteiger partial charge on any atom is 0.0624 e. The SMILES string of the molecule is CCc1cc(CC(N)C2C3CCCCC32)n(C)n1. The highest BCUT2D eigenvalue weighted by molar-refractivity contribution is 5.14. The number of hydrogen-bond donors (Lipinski definition) is 1. The third kappa shape index (κ3) is 2.09. The number of aryl methyl sites for hydroxylation is 2. The Kier molecular flexibility index (Phi) is 3.18. The zero-order valence-electron chi connectivity index (χ0n) is 11.6. The van der Waals surface area contributed by atoms with Crippen molar-refractivity contribution in [3.8, 4) is 0 Å². The van der Waals surface area contributed by atoms with Crippen molar-refractivity contribution in [1.29, 1.82) is 0 Å². The summed E-state index contributed by atoms with van der Waals surface area (Å²) in [5.74, 6) is 2.70. The third-order valence-corrected chi connectivity index (χ3v) is 5.05. The van der Waals surface area contributed by atoms with E-state index in [0.29, 0.717) is 6.04 Å². The molecule has 2 fully saturated rings. The van der Waals surface area contributed by atoms with E-state index in [9.17, 15) is 0 Å². The van der Waals surface area contributed by atoms with Gasteiger partial charge in [-0.05, 0) is 43.1 Å². The van der Waals surface area contributed by atoms with Crippen LogP contribution in [0.25, 0.3) is 0 Å². The first-order chi connectivity index (χ1) is 8.70. The first-order valence-electron chi connectivity index (χ1n) is 7.48. The molecule has 0 aliphatic heterocycles. The van der Waals surface area contributed by atoms with Crippen molar-refractivity contribution >= 4 is 0 Å². The average Bonchev–Trinajstić information content (AvgIpc) is 3.01. The lowest BCUT2D eigenvalue weighted by Gasteiger charge is -2.11. The molecule has 3 rings (SSSR count). The van der Waals surface area contributed by atoms with Gasteiger partial charge in [0, 0.05) is 25.2 Å². The summed E-state index contributed by atoms with van der Waals surface area (Å²) in [6.07, 6.45) is 7.72. The molecular weight excluding hydrogens is 222 g/mol. The van der Waals surface area contributed by atoms with Crippen molar-refractivity contribution in [2.45, 2.75) is 51.5 Å². The van der Waals surface area contributed by atoms with Crippen LogP contribution in [0.15, 0.2) is 6.07 Å². The fourth-order valence-electron chi connectivity index (χ4n) is 4.00. The lowest BCUT2D eigenvalue weighted by molar-refractivity contribution is 0.480. The van der Waals surface area contributed by atoms with Crippen molar-refractivity contribution in [3.05, 3.63) is 17.5 Å².